The standard InChI is InChI=1S/C14H15N3O4/c1-20-12-7-3-6-11(13(12)17(18)19)16-9-10-5-4-8-15-14(10)21-2/h3-8,16H,9H2,1-2H3. The number of rotatable bonds is 6. The molecule has 0 spiro atoms. The molecule has 0 atom stereocenters. The zero-order valence-corrected chi connectivity index (χ0v) is 11.7. The van der Waals surface area contributed by atoms with Gasteiger partial charge in [0.25, 0.3) is 0 Å². The number of hydrogen-bond donors (Lipinski definition) is 1. The Morgan fingerprint density at radius 1 is 1.24 bits per heavy atom. The van der Waals surface area contributed by atoms with Crippen LogP contribution in [-0.2, 0) is 6.54 Å². The topological polar surface area (TPSA) is 86.5 Å². The molecule has 110 valence electrons. The van der Waals surface area contributed by atoms with E-state index >= 15 is 0 Å². The zero-order chi connectivity index (χ0) is 15.2. The molecule has 0 bridgehead atoms. The fourth-order valence-electron chi connectivity index (χ4n) is 1.95. The molecule has 0 amide bonds. The van der Waals surface area contributed by atoms with Gasteiger partial charge in [-0.3, -0.25) is 10.1 Å². The van der Waals surface area contributed by atoms with E-state index in [4.69, 9.17) is 9.47 Å². The Hall–Kier alpha value is -2.83. The maximum Gasteiger partial charge on any atom is 0.333 e. The van der Waals surface area contributed by atoms with Crippen LogP contribution in [0.1, 0.15) is 5.56 Å². The number of nitrogens with one attached hydrogen (secondary N) is 1. The van der Waals surface area contributed by atoms with E-state index in [2.05, 4.69) is 10.3 Å². The summed E-state index contributed by atoms with van der Waals surface area (Å²) in [5, 5.41) is 14.2. The summed E-state index contributed by atoms with van der Waals surface area (Å²) in [5.74, 6) is 0.693. The molecule has 1 aromatic carbocycles. The first-order valence-corrected chi connectivity index (χ1v) is 6.20. The van der Waals surface area contributed by atoms with Crippen LogP contribution >= 0.6 is 0 Å². The van der Waals surface area contributed by atoms with Crippen molar-refractivity contribution in [3.63, 3.8) is 0 Å². The molecule has 1 N–H and O–H groups in total. The smallest absolute Gasteiger partial charge is 0.333 e. The van der Waals surface area contributed by atoms with Crippen LogP contribution < -0.4 is 14.8 Å². The van der Waals surface area contributed by atoms with Gasteiger partial charge >= 0.3 is 5.69 Å². The van der Waals surface area contributed by atoms with E-state index in [1.807, 2.05) is 6.07 Å². The van der Waals surface area contributed by atoms with Crippen molar-refractivity contribution in [3.8, 4) is 11.6 Å². The highest BCUT2D eigenvalue weighted by Gasteiger charge is 2.20. The highest BCUT2D eigenvalue weighted by Crippen LogP contribution is 2.34. The molecule has 0 radical (unpaired) electrons. The van der Waals surface area contributed by atoms with Crippen LogP contribution in [0.4, 0.5) is 11.4 Å². The summed E-state index contributed by atoms with van der Waals surface area (Å²) in [6, 6.07) is 8.48. The summed E-state index contributed by atoms with van der Waals surface area (Å²) in [6.07, 6.45) is 1.62. The van der Waals surface area contributed by atoms with Crippen molar-refractivity contribution in [2.45, 2.75) is 6.54 Å². The summed E-state index contributed by atoms with van der Waals surface area (Å²) in [4.78, 5) is 14.8. The van der Waals surface area contributed by atoms with Crippen LogP contribution in [0.2, 0.25) is 0 Å². The number of para-hydroxylation sites is 1. The fourth-order valence-corrected chi connectivity index (χ4v) is 1.95. The normalized spacial score (nSPS) is 10.0. The highest BCUT2D eigenvalue weighted by molar-refractivity contribution is 5.68. The number of anilines is 1. The zero-order valence-electron chi connectivity index (χ0n) is 11.7. The average Bonchev–Trinajstić information content (AvgIpc) is 2.52. The van der Waals surface area contributed by atoms with Crippen LogP contribution in [0.5, 0.6) is 11.6 Å². The molecule has 0 fully saturated rings. The Bertz CT molecular complexity index is 646. The summed E-state index contributed by atoms with van der Waals surface area (Å²) >= 11 is 0. The van der Waals surface area contributed by atoms with Crippen molar-refractivity contribution in [1.29, 1.82) is 0 Å². The van der Waals surface area contributed by atoms with Crippen LogP contribution in [0.25, 0.3) is 0 Å². The number of nitro benzene ring substituents is 1. The lowest BCUT2D eigenvalue weighted by molar-refractivity contribution is -0.384. The van der Waals surface area contributed by atoms with Gasteiger partial charge in [-0.15, -0.1) is 0 Å². The molecule has 2 aromatic rings. The lowest BCUT2D eigenvalue weighted by atomic mass is 10.2. The number of ether oxygens (including phenoxy) is 2. The number of nitrogens with zero attached hydrogens (tertiary/aromatic N) is 2. The molecule has 0 saturated heterocycles. The van der Waals surface area contributed by atoms with Crippen molar-refractivity contribution in [1.82, 2.24) is 4.98 Å². The molecule has 21 heavy (non-hydrogen) atoms. The van der Waals surface area contributed by atoms with Gasteiger partial charge in [0, 0.05) is 18.3 Å². The molecule has 7 heteroatoms. The Labute approximate surface area is 121 Å². The van der Waals surface area contributed by atoms with Crippen molar-refractivity contribution >= 4 is 11.4 Å². The van der Waals surface area contributed by atoms with Gasteiger partial charge in [0.2, 0.25) is 5.88 Å². The monoisotopic (exact) mass is 289 g/mol. The lowest BCUT2D eigenvalue weighted by Crippen LogP contribution is -2.05. The molecule has 7 nitrogen and oxygen atoms in total. The van der Waals surface area contributed by atoms with Crippen molar-refractivity contribution in [3.05, 3.63) is 52.2 Å². The molecule has 1 heterocycles. The second-order valence-corrected chi connectivity index (χ2v) is 4.14. The van der Waals surface area contributed by atoms with Gasteiger partial charge in [-0.1, -0.05) is 12.1 Å². The third-order valence-electron chi connectivity index (χ3n) is 2.91. The average molecular weight is 289 g/mol. The second kappa shape index (κ2) is 6.56. The largest absolute Gasteiger partial charge is 0.490 e. The molecule has 0 saturated carbocycles. The number of pyridine rings is 1. The third kappa shape index (κ3) is 3.19. The van der Waals surface area contributed by atoms with E-state index in [0.717, 1.165) is 5.56 Å². The van der Waals surface area contributed by atoms with Gasteiger partial charge in [0.05, 0.1) is 19.1 Å². The predicted molar refractivity (Wildman–Crippen MR) is 77.8 cm³/mol. The minimum absolute atomic E-state index is 0.0946. The second-order valence-electron chi connectivity index (χ2n) is 4.14. The van der Waals surface area contributed by atoms with Crippen molar-refractivity contribution in [2.24, 2.45) is 0 Å². The Morgan fingerprint density at radius 3 is 2.71 bits per heavy atom. The maximum atomic E-state index is 11.2. The van der Waals surface area contributed by atoms with Gasteiger partial charge in [-0.25, -0.2) is 4.98 Å². The fraction of sp³-hybridized carbons (Fsp3) is 0.214. The number of benzene rings is 1. The Balaban J connectivity index is 2.26. The third-order valence-corrected chi connectivity index (χ3v) is 2.91. The summed E-state index contributed by atoms with van der Waals surface area (Å²) < 4.78 is 10.2. The van der Waals surface area contributed by atoms with Gasteiger partial charge in [0.1, 0.15) is 5.69 Å². The van der Waals surface area contributed by atoms with E-state index in [1.165, 1.54) is 14.2 Å². The molecule has 0 unspecified atom stereocenters. The molecule has 0 aliphatic carbocycles. The van der Waals surface area contributed by atoms with Crippen molar-refractivity contribution < 1.29 is 14.4 Å². The Morgan fingerprint density at radius 2 is 2.05 bits per heavy atom. The van der Waals surface area contributed by atoms with E-state index in [9.17, 15) is 10.1 Å². The first-order valence-electron chi connectivity index (χ1n) is 6.20. The summed E-state index contributed by atoms with van der Waals surface area (Å²) in [7, 11) is 2.93. The predicted octanol–water partition coefficient (Wildman–Crippen LogP) is 2.62. The van der Waals surface area contributed by atoms with E-state index in [-0.39, 0.29) is 11.4 Å². The Kier molecular flexibility index (Phi) is 4.55. The summed E-state index contributed by atoms with van der Waals surface area (Å²) in [6.45, 7) is 0.352. The SMILES string of the molecule is COc1cccc(NCc2cccnc2OC)c1[N+](=O)[O-]. The number of nitro groups is 1. The summed E-state index contributed by atoms with van der Waals surface area (Å²) in [5.41, 5.74) is 1.09. The van der Waals surface area contributed by atoms with Crippen LogP contribution in [0, 0.1) is 10.1 Å². The quantitative estimate of drug-likeness (QED) is 0.649. The number of hydrogen-bond acceptors (Lipinski definition) is 6. The maximum absolute atomic E-state index is 11.2. The van der Waals surface area contributed by atoms with E-state index in [0.29, 0.717) is 18.1 Å². The first-order chi connectivity index (χ1) is 10.2. The first kappa shape index (κ1) is 14.6. The van der Waals surface area contributed by atoms with Gasteiger partial charge in [-0.05, 0) is 18.2 Å². The van der Waals surface area contributed by atoms with Crippen LogP contribution in [0.15, 0.2) is 36.5 Å². The highest BCUT2D eigenvalue weighted by atomic mass is 16.6. The lowest BCUT2D eigenvalue weighted by Gasteiger charge is -2.11. The number of methoxy groups -OCH3 is 2. The minimum atomic E-state index is -0.471. The molecular weight excluding hydrogens is 274 g/mol. The van der Waals surface area contributed by atoms with Gasteiger partial charge in [-0.2, -0.15) is 0 Å². The van der Waals surface area contributed by atoms with Crippen LogP contribution in [-0.4, -0.2) is 24.1 Å². The molecule has 0 aliphatic rings. The van der Waals surface area contributed by atoms with Gasteiger partial charge in [0.15, 0.2) is 5.75 Å². The van der Waals surface area contributed by atoms with Crippen molar-refractivity contribution in [2.75, 3.05) is 19.5 Å². The van der Waals surface area contributed by atoms with E-state index in [1.54, 1.807) is 30.5 Å². The van der Waals surface area contributed by atoms with E-state index < -0.39 is 4.92 Å². The van der Waals surface area contributed by atoms with Crippen LogP contribution in [0.3, 0.4) is 0 Å². The minimum Gasteiger partial charge on any atom is -0.490 e. The number of aromatic nitrogens is 1. The molecular formula is C14H15N3O4. The molecule has 0 aliphatic heterocycles. The van der Waals surface area contributed by atoms with Gasteiger partial charge < -0.3 is 14.8 Å². The molecule has 2 rings (SSSR count). The molecule has 1 aromatic heterocycles.